The average molecular weight is 228 g/mol. The van der Waals surface area contributed by atoms with E-state index in [-0.39, 0.29) is 11.9 Å². The van der Waals surface area contributed by atoms with Crippen molar-refractivity contribution in [2.75, 3.05) is 0 Å². The molecule has 2 N–H and O–H groups in total. The minimum atomic E-state index is -0.306. The Balaban J connectivity index is 2.06. The zero-order chi connectivity index (χ0) is 11.8. The Morgan fingerprint density at radius 1 is 1.18 bits per heavy atom. The largest absolute Gasteiger partial charge is 0.324 e. The Hall–Kier alpha value is -1.74. The Labute approximate surface area is 99.3 Å². The monoisotopic (exact) mass is 228 g/mol. The van der Waals surface area contributed by atoms with Gasteiger partial charge >= 0.3 is 0 Å². The Bertz CT molecular complexity index is 566. The summed E-state index contributed by atoms with van der Waals surface area (Å²) in [6, 6.07) is 7.79. The van der Waals surface area contributed by atoms with Gasteiger partial charge in [-0.2, -0.15) is 0 Å². The molecule has 0 saturated carbocycles. The van der Waals surface area contributed by atoms with Gasteiger partial charge in [0.15, 0.2) is 0 Å². The van der Waals surface area contributed by atoms with E-state index in [9.17, 15) is 4.39 Å². The van der Waals surface area contributed by atoms with Crippen LogP contribution >= 0.6 is 0 Å². The molecule has 86 valence electrons. The number of pyridine rings is 1. The van der Waals surface area contributed by atoms with E-state index in [0.717, 1.165) is 24.0 Å². The fraction of sp³-hybridized carbons (Fsp3) is 0.214. The van der Waals surface area contributed by atoms with Crippen LogP contribution in [0.1, 0.15) is 23.6 Å². The van der Waals surface area contributed by atoms with Crippen LogP contribution in [0.2, 0.25) is 0 Å². The predicted octanol–water partition coefficient (Wildman–Crippen LogP) is 2.83. The molecule has 1 heterocycles. The summed E-state index contributed by atoms with van der Waals surface area (Å²) >= 11 is 0. The molecule has 3 heteroatoms. The topological polar surface area (TPSA) is 38.9 Å². The van der Waals surface area contributed by atoms with E-state index in [1.807, 2.05) is 12.1 Å². The van der Waals surface area contributed by atoms with Crippen LogP contribution in [0.5, 0.6) is 0 Å². The van der Waals surface area contributed by atoms with Crippen LogP contribution in [0.25, 0.3) is 11.1 Å². The van der Waals surface area contributed by atoms with Gasteiger partial charge in [0.1, 0.15) is 5.82 Å². The normalized spacial score (nSPS) is 18.1. The zero-order valence-electron chi connectivity index (χ0n) is 9.36. The van der Waals surface area contributed by atoms with Crippen molar-refractivity contribution >= 4 is 0 Å². The first-order valence-corrected chi connectivity index (χ1v) is 5.73. The van der Waals surface area contributed by atoms with Crippen molar-refractivity contribution in [2.45, 2.75) is 18.9 Å². The molecule has 17 heavy (non-hydrogen) atoms. The minimum Gasteiger partial charge on any atom is -0.324 e. The summed E-state index contributed by atoms with van der Waals surface area (Å²) in [5.74, 6) is -0.306. The molecule has 0 bridgehead atoms. The van der Waals surface area contributed by atoms with Crippen LogP contribution in [-0.2, 0) is 6.42 Å². The highest BCUT2D eigenvalue weighted by molar-refractivity contribution is 5.64. The number of hydrogen-bond donors (Lipinski definition) is 1. The van der Waals surface area contributed by atoms with Crippen LogP contribution in [0, 0.1) is 5.82 Å². The molecule has 1 aliphatic carbocycles. The van der Waals surface area contributed by atoms with Crippen molar-refractivity contribution in [2.24, 2.45) is 5.73 Å². The third-order valence-electron chi connectivity index (χ3n) is 3.31. The van der Waals surface area contributed by atoms with Crippen LogP contribution in [0.15, 0.2) is 36.7 Å². The third-order valence-corrected chi connectivity index (χ3v) is 3.31. The second-order valence-corrected chi connectivity index (χ2v) is 4.45. The van der Waals surface area contributed by atoms with Crippen LogP contribution in [-0.4, -0.2) is 4.98 Å². The average Bonchev–Trinajstić information content (AvgIpc) is 2.71. The fourth-order valence-corrected chi connectivity index (χ4v) is 2.40. The van der Waals surface area contributed by atoms with Gasteiger partial charge in [0.2, 0.25) is 0 Å². The number of halogens is 1. The maximum absolute atomic E-state index is 13.1. The minimum absolute atomic E-state index is 0.157. The molecular weight excluding hydrogens is 215 g/mol. The molecule has 1 aliphatic rings. The lowest BCUT2D eigenvalue weighted by Gasteiger charge is -2.07. The number of nitrogens with two attached hydrogens (primary N) is 1. The lowest BCUT2D eigenvalue weighted by Crippen LogP contribution is -2.04. The zero-order valence-corrected chi connectivity index (χ0v) is 9.36. The van der Waals surface area contributed by atoms with E-state index in [1.54, 1.807) is 6.20 Å². The molecule has 1 aromatic heterocycles. The molecule has 0 fully saturated rings. The second-order valence-electron chi connectivity index (χ2n) is 4.45. The first-order chi connectivity index (χ1) is 8.24. The van der Waals surface area contributed by atoms with Gasteiger partial charge in [-0.25, -0.2) is 4.39 Å². The van der Waals surface area contributed by atoms with Gasteiger partial charge in [0, 0.05) is 17.8 Å². The first kappa shape index (κ1) is 10.4. The summed E-state index contributed by atoms with van der Waals surface area (Å²) in [6.07, 6.45) is 4.90. The summed E-state index contributed by atoms with van der Waals surface area (Å²) in [7, 11) is 0. The van der Waals surface area contributed by atoms with Gasteiger partial charge < -0.3 is 5.73 Å². The SMILES string of the molecule is NC1CCc2cc(-c3cncc(F)c3)ccc21. The fourth-order valence-electron chi connectivity index (χ4n) is 2.40. The number of nitrogens with zero attached hydrogens (tertiary/aromatic N) is 1. The number of aryl methyl sites for hydroxylation is 1. The predicted molar refractivity (Wildman–Crippen MR) is 64.9 cm³/mol. The molecule has 2 aromatic rings. The van der Waals surface area contributed by atoms with E-state index >= 15 is 0 Å². The van der Waals surface area contributed by atoms with Crippen LogP contribution in [0.4, 0.5) is 4.39 Å². The van der Waals surface area contributed by atoms with Gasteiger partial charge in [-0.15, -0.1) is 0 Å². The highest BCUT2D eigenvalue weighted by Crippen LogP contribution is 2.32. The standard InChI is InChI=1S/C14H13FN2/c15-12-6-11(7-17-8-12)9-1-3-13-10(5-9)2-4-14(13)16/h1,3,5-8,14H,2,4,16H2. The maximum Gasteiger partial charge on any atom is 0.142 e. The molecule has 1 aromatic carbocycles. The smallest absolute Gasteiger partial charge is 0.142 e. The summed E-state index contributed by atoms with van der Waals surface area (Å²) in [6.45, 7) is 0. The third kappa shape index (κ3) is 1.83. The van der Waals surface area contributed by atoms with Crippen molar-refractivity contribution in [1.29, 1.82) is 0 Å². The second kappa shape index (κ2) is 3.93. The van der Waals surface area contributed by atoms with E-state index in [2.05, 4.69) is 11.1 Å². The molecule has 3 rings (SSSR count). The summed E-state index contributed by atoms with van der Waals surface area (Å²) in [4.78, 5) is 3.87. The highest BCUT2D eigenvalue weighted by Gasteiger charge is 2.19. The molecule has 0 spiro atoms. The summed E-state index contributed by atoms with van der Waals surface area (Å²) < 4.78 is 13.1. The number of hydrogen-bond acceptors (Lipinski definition) is 2. The first-order valence-electron chi connectivity index (χ1n) is 5.73. The molecule has 0 saturated heterocycles. The summed E-state index contributed by atoms with van der Waals surface area (Å²) in [5, 5.41) is 0. The van der Waals surface area contributed by atoms with Gasteiger partial charge in [0.05, 0.1) is 6.20 Å². The quantitative estimate of drug-likeness (QED) is 0.815. The number of aromatic nitrogens is 1. The van der Waals surface area contributed by atoms with E-state index in [1.165, 1.54) is 23.4 Å². The summed E-state index contributed by atoms with van der Waals surface area (Å²) in [5.41, 5.74) is 10.3. The van der Waals surface area contributed by atoms with Gasteiger partial charge in [-0.05, 0) is 35.6 Å². The molecule has 1 atom stereocenters. The number of fused-ring (bicyclic) bond motifs is 1. The van der Waals surface area contributed by atoms with Crippen LogP contribution < -0.4 is 5.73 Å². The lowest BCUT2D eigenvalue weighted by atomic mass is 10.0. The van der Waals surface area contributed by atoms with Crippen molar-refractivity contribution < 1.29 is 4.39 Å². The van der Waals surface area contributed by atoms with Crippen LogP contribution in [0.3, 0.4) is 0 Å². The Morgan fingerprint density at radius 3 is 2.88 bits per heavy atom. The number of benzene rings is 1. The van der Waals surface area contributed by atoms with Crippen molar-refractivity contribution in [3.63, 3.8) is 0 Å². The number of rotatable bonds is 1. The van der Waals surface area contributed by atoms with E-state index in [4.69, 9.17) is 5.73 Å². The van der Waals surface area contributed by atoms with Crippen molar-refractivity contribution in [3.8, 4) is 11.1 Å². The van der Waals surface area contributed by atoms with Gasteiger partial charge in [-0.1, -0.05) is 18.2 Å². The van der Waals surface area contributed by atoms with Crippen molar-refractivity contribution in [1.82, 2.24) is 4.98 Å². The lowest BCUT2D eigenvalue weighted by molar-refractivity contribution is 0.622. The highest BCUT2D eigenvalue weighted by atomic mass is 19.1. The van der Waals surface area contributed by atoms with Gasteiger partial charge in [-0.3, -0.25) is 4.98 Å². The van der Waals surface area contributed by atoms with E-state index < -0.39 is 0 Å². The maximum atomic E-state index is 13.1. The molecule has 1 unspecified atom stereocenters. The molecule has 0 radical (unpaired) electrons. The van der Waals surface area contributed by atoms with E-state index in [0.29, 0.717) is 0 Å². The molecular formula is C14H13FN2. The molecule has 0 amide bonds. The van der Waals surface area contributed by atoms with Crippen molar-refractivity contribution in [3.05, 3.63) is 53.6 Å². The molecule has 0 aliphatic heterocycles. The Morgan fingerprint density at radius 2 is 2.06 bits per heavy atom. The molecule has 2 nitrogen and oxygen atoms in total. The Kier molecular flexibility index (Phi) is 2.41. The van der Waals surface area contributed by atoms with Gasteiger partial charge in [0.25, 0.3) is 0 Å².